The van der Waals surface area contributed by atoms with E-state index < -0.39 is 7.37 Å². The van der Waals surface area contributed by atoms with Crippen molar-refractivity contribution in [3.05, 3.63) is 47.8 Å². The smallest absolute Gasteiger partial charge is 0.226 e. The van der Waals surface area contributed by atoms with E-state index in [1.807, 2.05) is 36.4 Å². The Bertz CT molecular complexity index is 398. The summed E-state index contributed by atoms with van der Waals surface area (Å²) >= 11 is 0. The van der Waals surface area contributed by atoms with E-state index in [0.29, 0.717) is 0 Å². The molecule has 1 aromatic carbocycles. The molecule has 0 saturated heterocycles. The molecule has 1 atom stereocenters. The van der Waals surface area contributed by atoms with Crippen LogP contribution in [0, 0.1) is 0 Å². The minimum absolute atomic E-state index is 0.235. The van der Waals surface area contributed by atoms with Gasteiger partial charge in [0.25, 0.3) is 0 Å². The van der Waals surface area contributed by atoms with Crippen molar-refractivity contribution in [3.63, 3.8) is 0 Å². The van der Waals surface area contributed by atoms with Gasteiger partial charge in [-0.3, -0.25) is 4.57 Å². The molecule has 18 heavy (non-hydrogen) atoms. The zero-order valence-electron chi connectivity index (χ0n) is 11.1. The van der Waals surface area contributed by atoms with Crippen LogP contribution in [0.3, 0.4) is 0 Å². The largest absolute Gasteiger partial charge is 0.341 e. The minimum Gasteiger partial charge on any atom is -0.341 e. The first-order chi connectivity index (χ1) is 8.64. The van der Waals surface area contributed by atoms with Gasteiger partial charge in [-0.15, -0.1) is 0 Å². The summed E-state index contributed by atoms with van der Waals surface area (Å²) in [6.07, 6.45) is 7.77. The van der Waals surface area contributed by atoms with Crippen molar-refractivity contribution in [2.24, 2.45) is 0 Å². The zero-order valence-corrected chi connectivity index (χ0v) is 12.0. The van der Waals surface area contributed by atoms with Gasteiger partial charge in [-0.05, 0) is 24.2 Å². The van der Waals surface area contributed by atoms with Crippen LogP contribution in [0.2, 0.25) is 0 Å². The molecule has 0 amide bonds. The Kier molecular flexibility index (Phi) is 7.00. The minimum atomic E-state index is -3.15. The summed E-state index contributed by atoms with van der Waals surface area (Å²) in [6.45, 7) is 2.18. The van der Waals surface area contributed by atoms with Crippen molar-refractivity contribution in [1.29, 1.82) is 0 Å². The molecule has 0 radical (unpaired) electrons. The van der Waals surface area contributed by atoms with Gasteiger partial charge in [0, 0.05) is 0 Å². The van der Waals surface area contributed by atoms with E-state index in [2.05, 4.69) is 6.92 Å². The van der Waals surface area contributed by atoms with Crippen LogP contribution in [-0.4, -0.2) is 4.89 Å². The Balaban J connectivity index is 2.35. The quantitative estimate of drug-likeness (QED) is 0.534. The highest BCUT2D eigenvalue weighted by molar-refractivity contribution is 7.60. The number of hydrogen-bond acceptors (Lipinski definition) is 1. The van der Waals surface area contributed by atoms with Gasteiger partial charge in [0.2, 0.25) is 7.37 Å². The topological polar surface area (TPSA) is 37.3 Å². The monoisotopic (exact) mass is 266 g/mol. The number of benzene rings is 1. The van der Waals surface area contributed by atoms with Gasteiger partial charge in [-0.25, -0.2) is 0 Å². The molecule has 0 bridgehead atoms. The highest BCUT2D eigenvalue weighted by Gasteiger charge is 2.13. The molecule has 0 saturated carbocycles. The summed E-state index contributed by atoms with van der Waals surface area (Å²) in [4.78, 5) is 9.84. The predicted octanol–water partition coefficient (Wildman–Crippen LogP) is 4.94. The first-order valence-corrected chi connectivity index (χ1v) is 8.58. The standard InChI is InChI=1S/C15H23O2P/c1-2-3-4-5-6-10-13-18(16,17)14-15-11-8-7-9-12-15/h7-13H,2-6,14H2,1H3,(H,16,17). The Hall–Kier alpha value is -0.850. The summed E-state index contributed by atoms with van der Waals surface area (Å²) in [6, 6.07) is 9.47. The highest BCUT2D eigenvalue weighted by atomic mass is 31.2. The molecule has 1 N–H and O–H groups in total. The van der Waals surface area contributed by atoms with E-state index in [4.69, 9.17) is 0 Å². The van der Waals surface area contributed by atoms with Crippen LogP contribution in [-0.2, 0) is 10.7 Å². The molecule has 1 unspecified atom stereocenters. The van der Waals surface area contributed by atoms with Crippen molar-refractivity contribution in [2.45, 2.75) is 45.2 Å². The van der Waals surface area contributed by atoms with Crippen molar-refractivity contribution in [1.82, 2.24) is 0 Å². The summed E-state index contributed by atoms with van der Waals surface area (Å²) < 4.78 is 11.9. The molecule has 1 aromatic rings. The van der Waals surface area contributed by atoms with Crippen molar-refractivity contribution in [2.75, 3.05) is 0 Å². The number of allylic oxidation sites excluding steroid dienone is 1. The van der Waals surface area contributed by atoms with E-state index in [1.54, 1.807) is 0 Å². The second-order valence-corrected chi connectivity index (χ2v) is 6.76. The maximum absolute atomic E-state index is 11.9. The lowest BCUT2D eigenvalue weighted by molar-refractivity contribution is 0.487. The van der Waals surface area contributed by atoms with Crippen LogP contribution in [0.15, 0.2) is 42.2 Å². The SMILES string of the molecule is CCCCCCC=CP(=O)(O)Cc1ccccc1. The molecule has 0 aromatic heterocycles. The van der Waals surface area contributed by atoms with E-state index >= 15 is 0 Å². The lowest BCUT2D eigenvalue weighted by atomic mass is 10.2. The molecule has 2 nitrogen and oxygen atoms in total. The van der Waals surface area contributed by atoms with Gasteiger partial charge in [0.05, 0.1) is 6.16 Å². The summed E-state index contributed by atoms with van der Waals surface area (Å²) in [5.74, 6) is 1.51. The van der Waals surface area contributed by atoms with Crippen molar-refractivity contribution < 1.29 is 9.46 Å². The van der Waals surface area contributed by atoms with Gasteiger partial charge < -0.3 is 4.89 Å². The molecule has 0 fully saturated rings. The van der Waals surface area contributed by atoms with E-state index in [0.717, 1.165) is 18.4 Å². The van der Waals surface area contributed by atoms with Crippen LogP contribution >= 0.6 is 7.37 Å². The van der Waals surface area contributed by atoms with Crippen LogP contribution in [0.4, 0.5) is 0 Å². The first kappa shape index (κ1) is 15.2. The fourth-order valence-corrected chi connectivity index (χ4v) is 3.14. The maximum atomic E-state index is 11.9. The van der Waals surface area contributed by atoms with Gasteiger partial charge in [0.15, 0.2) is 0 Å². The molecular weight excluding hydrogens is 243 g/mol. The third-order valence-corrected chi connectivity index (χ3v) is 4.31. The third kappa shape index (κ3) is 6.78. The lowest BCUT2D eigenvalue weighted by Crippen LogP contribution is -1.84. The fourth-order valence-electron chi connectivity index (χ4n) is 1.83. The second kappa shape index (κ2) is 8.29. The second-order valence-electron chi connectivity index (χ2n) is 4.63. The van der Waals surface area contributed by atoms with Crippen LogP contribution < -0.4 is 0 Å². The molecule has 0 heterocycles. The average Bonchev–Trinajstić information content (AvgIpc) is 2.34. The summed E-state index contributed by atoms with van der Waals surface area (Å²) in [7, 11) is -3.15. The molecule has 0 spiro atoms. The molecule has 0 aliphatic heterocycles. The van der Waals surface area contributed by atoms with Gasteiger partial charge in [0.1, 0.15) is 0 Å². The number of unbranched alkanes of at least 4 members (excludes halogenated alkanes) is 4. The highest BCUT2D eigenvalue weighted by Crippen LogP contribution is 2.46. The fraction of sp³-hybridized carbons (Fsp3) is 0.467. The van der Waals surface area contributed by atoms with Crippen LogP contribution in [0.5, 0.6) is 0 Å². The Morgan fingerprint density at radius 2 is 1.89 bits per heavy atom. The maximum Gasteiger partial charge on any atom is 0.226 e. The molecule has 3 heteroatoms. The van der Waals surface area contributed by atoms with Crippen molar-refractivity contribution in [3.8, 4) is 0 Å². The van der Waals surface area contributed by atoms with Crippen molar-refractivity contribution >= 4 is 7.37 Å². The Morgan fingerprint density at radius 1 is 1.17 bits per heavy atom. The Labute approximate surface area is 110 Å². The number of hydrogen-bond donors (Lipinski definition) is 1. The van der Waals surface area contributed by atoms with E-state index in [-0.39, 0.29) is 6.16 Å². The molecular formula is C15H23O2P. The van der Waals surface area contributed by atoms with Crippen LogP contribution in [0.25, 0.3) is 0 Å². The molecule has 0 aliphatic carbocycles. The normalized spacial score (nSPS) is 14.8. The van der Waals surface area contributed by atoms with Gasteiger partial charge >= 0.3 is 0 Å². The van der Waals surface area contributed by atoms with E-state index in [9.17, 15) is 9.46 Å². The molecule has 1 rings (SSSR count). The zero-order chi connectivity index (χ0) is 13.3. The molecule has 100 valence electrons. The average molecular weight is 266 g/mol. The van der Waals surface area contributed by atoms with Crippen LogP contribution in [0.1, 0.15) is 44.6 Å². The third-order valence-electron chi connectivity index (χ3n) is 2.81. The van der Waals surface area contributed by atoms with E-state index in [1.165, 1.54) is 25.1 Å². The lowest BCUT2D eigenvalue weighted by Gasteiger charge is -2.06. The predicted molar refractivity (Wildman–Crippen MR) is 77.9 cm³/mol. The first-order valence-electron chi connectivity index (χ1n) is 6.67. The van der Waals surface area contributed by atoms with Gasteiger partial charge in [-0.1, -0.05) is 62.6 Å². The molecule has 0 aliphatic rings. The summed E-state index contributed by atoms with van der Waals surface area (Å²) in [5, 5.41) is 0. The van der Waals surface area contributed by atoms with Gasteiger partial charge in [-0.2, -0.15) is 0 Å². The summed E-state index contributed by atoms with van der Waals surface area (Å²) in [5.41, 5.74) is 0.916. The Morgan fingerprint density at radius 3 is 2.56 bits per heavy atom. The number of rotatable bonds is 8.